The van der Waals surface area contributed by atoms with Crippen LogP contribution >= 0.6 is 0 Å². The largest absolute Gasteiger partial charge is 0.480 e. The van der Waals surface area contributed by atoms with Crippen LogP contribution in [0.25, 0.3) is 0 Å². The highest BCUT2D eigenvalue weighted by Crippen LogP contribution is 2.09. The number of amides is 1. The number of carbonyl (C=O) groups is 2. The molecule has 1 aliphatic rings. The number of rotatable bonds is 3. The lowest BCUT2D eigenvalue weighted by Crippen LogP contribution is -2.57. The van der Waals surface area contributed by atoms with Gasteiger partial charge >= 0.3 is 5.97 Å². The summed E-state index contributed by atoms with van der Waals surface area (Å²) >= 11 is 0. The lowest BCUT2D eigenvalue weighted by molar-refractivity contribution is -0.147. The van der Waals surface area contributed by atoms with Gasteiger partial charge in [-0.25, -0.2) is 0 Å². The van der Waals surface area contributed by atoms with Crippen LogP contribution in [0.15, 0.2) is 0 Å². The Morgan fingerprint density at radius 3 is 2.86 bits per heavy atom. The van der Waals surface area contributed by atoms with Crippen molar-refractivity contribution >= 4 is 11.9 Å². The molecule has 1 rings (SSSR count). The Morgan fingerprint density at radius 1 is 1.71 bits per heavy atom. The predicted octanol–water partition coefficient (Wildman–Crippen LogP) is -0.473. The quantitative estimate of drug-likeness (QED) is 0.646. The predicted molar refractivity (Wildman–Crippen MR) is 50.8 cm³/mol. The van der Waals surface area contributed by atoms with Crippen molar-refractivity contribution in [3.8, 4) is 0 Å². The molecule has 0 spiro atoms. The van der Waals surface area contributed by atoms with Crippen LogP contribution in [-0.2, 0) is 9.59 Å². The molecular weight excluding hydrogens is 184 g/mol. The average Bonchev–Trinajstić information content (AvgIpc) is 2.07. The molecule has 14 heavy (non-hydrogen) atoms. The van der Waals surface area contributed by atoms with Gasteiger partial charge in [0, 0.05) is 13.1 Å². The fourth-order valence-corrected chi connectivity index (χ4v) is 1.59. The van der Waals surface area contributed by atoms with Gasteiger partial charge in [0.2, 0.25) is 5.91 Å². The molecule has 1 amide bonds. The fraction of sp³-hybridized carbons (Fsp3) is 0.778. The summed E-state index contributed by atoms with van der Waals surface area (Å²) in [4.78, 5) is 23.6. The zero-order valence-corrected chi connectivity index (χ0v) is 8.49. The standard InChI is InChI=1S/C9H16N2O3/c1-6(2)8-9(14)11(4-3-10-8)5-7(12)13/h6,8,10H,3-5H2,1-2H3,(H,12,13)/t8-/m0/s1. The molecule has 0 aromatic heterocycles. The van der Waals surface area contributed by atoms with Gasteiger partial charge in [0.1, 0.15) is 6.54 Å². The summed E-state index contributed by atoms with van der Waals surface area (Å²) < 4.78 is 0. The molecule has 1 fully saturated rings. The van der Waals surface area contributed by atoms with Crippen LogP contribution in [0.2, 0.25) is 0 Å². The normalized spacial score (nSPS) is 22.9. The molecule has 5 heteroatoms. The van der Waals surface area contributed by atoms with Gasteiger partial charge < -0.3 is 15.3 Å². The highest BCUT2D eigenvalue weighted by Gasteiger charge is 2.31. The molecule has 0 aliphatic carbocycles. The van der Waals surface area contributed by atoms with Crippen molar-refractivity contribution in [3.63, 3.8) is 0 Å². The smallest absolute Gasteiger partial charge is 0.323 e. The van der Waals surface area contributed by atoms with Gasteiger partial charge in [-0.3, -0.25) is 9.59 Å². The molecule has 2 N–H and O–H groups in total. The molecular formula is C9H16N2O3. The minimum absolute atomic E-state index is 0.103. The summed E-state index contributed by atoms with van der Waals surface area (Å²) in [5.74, 6) is -0.865. The van der Waals surface area contributed by atoms with Crippen molar-refractivity contribution in [1.29, 1.82) is 0 Å². The third-order valence-corrected chi connectivity index (χ3v) is 2.32. The molecule has 0 aromatic rings. The van der Waals surface area contributed by atoms with Gasteiger partial charge in [0.25, 0.3) is 0 Å². The number of hydrogen-bond donors (Lipinski definition) is 2. The molecule has 5 nitrogen and oxygen atoms in total. The van der Waals surface area contributed by atoms with Gasteiger partial charge in [0.05, 0.1) is 6.04 Å². The van der Waals surface area contributed by atoms with E-state index in [0.29, 0.717) is 13.1 Å². The van der Waals surface area contributed by atoms with Crippen molar-refractivity contribution in [2.24, 2.45) is 5.92 Å². The molecule has 1 saturated heterocycles. The lowest BCUT2D eigenvalue weighted by Gasteiger charge is -2.34. The van der Waals surface area contributed by atoms with Crippen molar-refractivity contribution in [2.75, 3.05) is 19.6 Å². The molecule has 1 aliphatic heterocycles. The van der Waals surface area contributed by atoms with E-state index in [1.54, 1.807) is 0 Å². The van der Waals surface area contributed by atoms with Crippen LogP contribution < -0.4 is 5.32 Å². The molecule has 0 aromatic carbocycles. The molecule has 0 radical (unpaired) electrons. The van der Waals surface area contributed by atoms with Gasteiger partial charge in [-0.05, 0) is 5.92 Å². The van der Waals surface area contributed by atoms with Crippen molar-refractivity contribution < 1.29 is 14.7 Å². The third-order valence-electron chi connectivity index (χ3n) is 2.32. The Hall–Kier alpha value is -1.10. The van der Waals surface area contributed by atoms with E-state index in [1.807, 2.05) is 13.8 Å². The Kier molecular flexibility index (Phi) is 3.46. The molecule has 1 heterocycles. The average molecular weight is 200 g/mol. The Morgan fingerprint density at radius 2 is 2.36 bits per heavy atom. The molecule has 0 bridgehead atoms. The zero-order chi connectivity index (χ0) is 10.7. The number of nitrogens with one attached hydrogen (secondary N) is 1. The summed E-state index contributed by atoms with van der Waals surface area (Å²) in [5.41, 5.74) is 0. The second-order valence-electron chi connectivity index (χ2n) is 3.83. The van der Waals surface area contributed by atoms with Gasteiger partial charge in [0.15, 0.2) is 0 Å². The molecule has 80 valence electrons. The minimum atomic E-state index is -0.956. The number of hydrogen-bond acceptors (Lipinski definition) is 3. The number of carboxylic acids is 1. The zero-order valence-electron chi connectivity index (χ0n) is 8.49. The second kappa shape index (κ2) is 4.41. The SMILES string of the molecule is CC(C)[C@@H]1NCCN(CC(=O)O)C1=O. The molecule has 0 unspecified atom stereocenters. The van der Waals surface area contributed by atoms with Crippen LogP contribution in [0, 0.1) is 5.92 Å². The van der Waals surface area contributed by atoms with Crippen molar-refractivity contribution in [3.05, 3.63) is 0 Å². The number of carboxylic acid groups (broad SMARTS) is 1. The second-order valence-corrected chi connectivity index (χ2v) is 3.83. The highest BCUT2D eigenvalue weighted by molar-refractivity contribution is 5.86. The van der Waals surface area contributed by atoms with Gasteiger partial charge in [-0.2, -0.15) is 0 Å². The Labute approximate surface area is 83.1 Å². The monoisotopic (exact) mass is 200 g/mol. The van der Waals surface area contributed by atoms with Crippen LogP contribution in [0.3, 0.4) is 0 Å². The van der Waals surface area contributed by atoms with E-state index in [2.05, 4.69) is 5.32 Å². The first-order valence-electron chi connectivity index (χ1n) is 4.76. The van der Waals surface area contributed by atoms with E-state index in [-0.39, 0.29) is 24.4 Å². The van der Waals surface area contributed by atoms with Crippen molar-refractivity contribution in [1.82, 2.24) is 10.2 Å². The van der Waals surface area contributed by atoms with E-state index < -0.39 is 5.97 Å². The van der Waals surface area contributed by atoms with Crippen LogP contribution in [0.4, 0.5) is 0 Å². The first kappa shape index (κ1) is 11.0. The number of piperazine rings is 1. The third kappa shape index (κ3) is 2.45. The maximum Gasteiger partial charge on any atom is 0.323 e. The summed E-state index contributed by atoms with van der Waals surface area (Å²) in [7, 11) is 0. The fourth-order valence-electron chi connectivity index (χ4n) is 1.59. The van der Waals surface area contributed by atoms with Gasteiger partial charge in [-0.1, -0.05) is 13.8 Å². The first-order chi connectivity index (χ1) is 6.52. The molecule has 1 atom stereocenters. The van der Waals surface area contributed by atoms with Gasteiger partial charge in [-0.15, -0.1) is 0 Å². The van der Waals surface area contributed by atoms with E-state index in [4.69, 9.17) is 5.11 Å². The van der Waals surface area contributed by atoms with E-state index in [9.17, 15) is 9.59 Å². The number of nitrogens with zero attached hydrogens (tertiary/aromatic N) is 1. The molecule has 0 saturated carbocycles. The minimum Gasteiger partial charge on any atom is -0.480 e. The van der Waals surface area contributed by atoms with E-state index in [1.165, 1.54) is 4.90 Å². The lowest BCUT2D eigenvalue weighted by atomic mass is 10.0. The van der Waals surface area contributed by atoms with E-state index >= 15 is 0 Å². The highest BCUT2D eigenvalue weighted by atomic mass is 16.4. The summed E-state index contributed by atoms with van der Waals surface area (Å²) in [5, 5.41) is 11.7. The van der Waals surface area contributed by atoms with Crippen LogP contribution in [0.1, 0.15) is 13.8 Å². The van der Waals surface area contributed by atoms with E-state index in [0.717, 1.165) is 0 Å². The Bertz CT molecular complexity index is 240. The van der Waals surface area contributed by atoms with Crippen molar-refractivity contribution in [2.45, 2.75) is 19.9 Å². The Balaban J connectivity index is 2.61. The summed E-state index contributed by atoms with van der Waals surface area (Å²) in [6.07, 6.45) is 0. The maximum atomic E-state index is 11.7. The summed E-state index contributed by atoms with van der Waals surface area (Å²) in [6.45, 7) is 4.85. The number of carbonyl (C=O) groups excluding carboxylic acids is 1. The maximum absolute atomic E-state index is 11.7. The first-order valence-corrected chi connectivity index (χ1v) is 4.76. The van der Waals surface area contributed by atoms with Crippen LogP contribution in [0.5, 0.6) is 0 Å². The topological polar surface area (TPSA) is 69.6 Å². The van der Waals surface area contributed by atoms with Crippen LogP contribution in [-0.4, -0.2) is 47.6 Å². The number of aliphatic carboxylic acids is 1. The summed E-state index contributed by atoms with van der Waals surface area (Å²) in [6, 6.07) is -0.233.